The number of benzene rings is 1. The highest BCUT2D eigenvalue weighted by Gasteiger charge is 2.32. The lowest BCUT2D eigenvalue weighted by Crippen LogP contribution is -2.41. The minimum absolute atomic E-state index is 0.0148. The molecule has 0 radical (unpaired) electrons. The zero-order valence-corrected chi connectivity index (χ0v) is 15.1. The molecule has 2 N–H and O–H groups in total. The highest BCUT2D eigenvalue weighted by atomic mass is 16.2. The Morgan fingerprint density at radius 3 is 2.50 bits per heavy atom. The van der Waals surface area contributed by atoms with E-state index in [-0.39, 0.29) is 12.3 Å². The molecule has 140 valence electrons. The Balaban J connectivity index is 1.40. The number of amides is 4. The van der Waals surface area contributed by atoms with E-state index in [0.29, 0.717) is 12.5 Å². The monoisotopic (exact) mass is 358 g/mol. The SMILES string of the molecule is CN(CC1CCN(Cc2ccccc2)CC1)C(=O)C[C@H]1NC(=O)NC1=O. The van der Waals surface area contributed by atoms with Gasteiger partial charge >= 0.3 is 6.03 Å². The number of hydrogen-bond donors (Lipinski definition) is 2. The summed E-state index contributed by atoms with van der Waals surface area (Å²) in [6.07, 6.45) is 2.14. The maximum atomic E-state index is 12.3. The first kappa shape index (κ1) is 18.4. The number of likely N-dealkylation sites (tertiary alicyclic amines) is 1. The Labute approximate surface area is 153 Å². The molecule has 0 bridgehead atoms. The van der Waals surface area contributed by atoms with Crippen molar-refractivity contribution in [2.45, 2.75) is 31.8 Å². The number of carbonyl (C=O) groups excluding carboxylic acids is 3. The Kier molecular flexibility index (Phi) is 5.88. The molecule has 7 heteroatoms. The molecule has 0 spiro atoms. The molecule has 1 aromatic carbocycles. The fourth-order valence-corrected chi connectivity index (χ4v) is 3.59. The van der Waals surface area contributed by atoms with Gasteiger partial charge in [-0.05, 0) is 37.4 Å². The summed E-state index contributed by atoms with van der Waals surface area (Å²) in [6, 6.07) is 9.19. The first-order chi connectivity index (χ1) is 12.5. The summed E-state index contributed by atoms with van der Waals surface area (Å²) in [5, 5.41) is 4.62. The highest BCUT2D eigenvalue weighted by molar-refractivity contribution is 6.05. The quantitative estimate of drug-likeness (QED) is 0.742. The molecule has 2 aliphatic rings. The zero-order chi connectivity index (χ0) is 18.5. The largest absolute Gasteiger partial charge is 0.345 e. The van der Waals surface area contributed by atoms with Crippen LogP contribution in [0.25, 0.3) is 0 Å². The van der Waals surface area contributed by atoms with Crippen LogP contribution >= 0.6 is 0 Å². The number of imide groups is 1. The molecule has 1 atom stereocenters. The van der Waals surface area contributed by atoms with Crippen LogP contribution in [0.2, 0.25) is 0 Å². The number of hydrogen-bond acceptors (Lipinski definition) is 4. The van der Waals surface area contributed by atoms with E-state index >= 15 is 0 Å². The fraction of sp³-hybridized carbons (Fsp3) is 0.526. The molecule has 1 aromatic rings. The lowest BCUT2D eigenvalue weighted by molar-refractivity contribution is -0.133. The number of piperidine rings is 1. The highest BCUT2D eigenvalue weighted by Crippen LogP contribution is 2.20. The number of rotatable bonds is 6. The lowest BCUT2D eigenvalue weighted by atomic mass is 9.95. The van der Waals surface area contributed by atoms with E-state index in [1.165, 1.54) is 5.56 Å². The van der Waals surface area contributed by atoms with Gasteiger partial charge < -0.3 is 10.2 Å². The van der Waals surface area contributed by atoms with Crippen molar-refractivity contribution in [3.63, 3.8) is 0 Å². The van der Waals surface area contributed by atoms with Gasteiger partial charge in [0.15, 0.2) is 0 Å². The summed E-state index contributed by atoms with van der Waals surface area (Å²) in [4.78, 5) is 39.1. The van der Waals surface area contributed by atoms with Crippen LogP contribution in [0, 0.1) is 5.92 Å². The summed E-state index contributed by atoms with van der Waals surface area (Å²) in [5.41, 5.74) is 1.33. The summed E-state index contributed by atoms with van der Waals surface area (Å²) in [7, 11) is 1.77. The van der Waals surface area contributed by atoms with Crippen LogP contribution in [0.1, 0.15) is 24.8 Å². The molecule has 2 heterocycles. The van der Waals surface area contributed by atoms with Gasteiger partial charge in [0.05, 0.1) is 6.42 Å². The molecule has 2 saturated heterocycles. The van der Waals surface area contributed by atoms with E-state index in [9.17, 15) is 14.4 Å². The van der Waals surface area contributed by atoms with E-state index in [4.69, 9.17) is 0 Å². The van der Waals surface area contributed by atoms with Gasteiger partial charge in [-0.1, -0.05) is 30.3 Å². The number of nitrogens with zero attached hydrogens (tertiary/aromatic N) is 2. The Morgan fingerprint density at radius 2 is 1.88 bits per heavy atom. The summed E-state index contributed by atoms with van der Waals surface area (Å²) in [5.74, 6) is -0.0620. The van der Waals surface area contributed by atoms with Crippen LogP contribution in [-0.2, 0) is 16.1 Å². The van der Waals surface area contributed by atoms with Crippen LogP contribution in [0.15, 0.2) is 30.3 Å². The van der Waals surface area contributed by atoms with Crippen molar-refractivity contribution in [1.29, 1.82) is 0 Å². The molecule has 3 rings (SSSR count). The van der Waals surface area contributed by atoms with Gasteiger partial charge in [0.2, 0.25) is 5.91 Å². The minimum atomic E-state index is -0.745. The van der Waals surface area contributed by atoms with Gasteiger partial charge in [0.25, 0.3) is 5.91 Å². The molecule has 0 unspecified atom stereocenters. The lowest BCUT2D eigenvalue weighted by Gasteiger charge is -2.34. The van der Waals surface area contributed by atoms with Crippen molar-refractivity contribution >= 4 is 17.8 Å². The third kappa shape index (κ3) is 4.82. The van der Waals surface area contributed by atoms with Crippen molar-refractivity contribution in [2.24, 2.45) is 5.92 Å². The second kappa shape index (κ2) is 8.31. The van der Waals surface area contributed by atoms with E-state index in [0.717, 1.165) is 32.5 Å². The van der Waals surface area contributed by atoms with Crippen molar-refractivity contribution < 1.29 is 14.4 Å². The molecule has 7 nitrogen and oxygen atoms in total. The van der Waals surface area contributed by atoms with Crippen LogP contribution in [0.3, 0.4) is 0 Å². The Hall–Kier alpha value is -2.41. The predicted molar refractivity (Wildman–Crippen MR) is 97.2 cm³/mol. The topological polar surface area (TPSA) is 81.8 Å². The second-order valence-corrected chi connectivity index (χ2v) is 7.20. The van der Waals surface area contributed by atoms with Gasteiger partial charge in [0.1, 0.15) is 6.04 Å². The van der Waals surface area contributed by atoms with Crippen LogP contribution in [-0.4, -0.2) is 60.4 Å². The first-order valence-corrected chi connectivity index (χ1v) is 9.13. The van der Waals surface area contributed by atoms with Gasteiger partial charge in [0, 0.05) is 20.1 Å². The number of nitrogens with one attached hydrogen (secondary N) is 2. The fourth-order valence-electron chi connectivity index (χ4n) is 3.59. The molecule has 0 aliphatic carbocycles. The third-order valence-corrected chi connectivity index (χ3v) is 5.15. The van der Waals surface area contributed by atoms with Crippen LogP contribution in [0.5, 0.6) is 0 Å². The van der Waals surface area contributed by atoms with E-state index in [2.05, 4.69) is 39.8 Å². The molecule has 2 fully saturated rings. The molecule has 0 aromatic heterocycles. The Bertz CT molecular complexity index is 656. The molecule has 4 amide bonds. The van der Waals surface area contributed by atoms with E-state index < -0.39 is 18.0 Å². The molecule has 26 heavy (non-hydrogen) atoms. The number of carbonyl (C=O) groups is 3. The summed E-state index contributed by atoms with van der Waals surface area (Å²) in [6.45, 7) is 3.73. The minimum Gasteiger partial charge on any atom is -0.345 e. The summed E-state index contributed by atoms with van der Waals surface area (Å²) >= 11 is 0. The Morgan fingerprint density at radius 1 is 1.19 bits per heavy atom. The van der Waals surface area contributed by atoms with Crippen molar-refractivity contribution in [2.75, 3.05) is 26.7 Å². The second-order valence-electron chi connectivity index (χ2n) is 7.20. The van der Waals surface area contributed by atoms with Crippen LogP contribution in [0.4, 0.5) is 4.79 Å². The van der Waals surface area contributed by atoms with E-state index in [1.807, 2.05) is 6.07 Å². The smallest absolute Gasteiger partial charge is 0.322 e. The zero-order valence-electron chi connectivity index (χ0n) is 15.1. The number of urea groups is 1. The van der Waals surface area contributed by atoms with Gasteiger partial charge in [-0.25, -0.2) is 4.79 Å². The molecule has 2 aliphatic heterocycles. The van der Waals surface area contributed by atoms with E-state index in [1.54, 1.807) is 11.9 Å². The average molecular weight is 358 g/mol. The van der Waals surface area contributed by atoms with Crippen molar-refractivity contribution in [3.8, 4) is 0 Å². The predicted octanol–water partition coefficient (Wildman–Crippen LogP) is 0.955. The maximum absolute atomic E-state index is 12.3. The standard InChI is InChI=1S/C19H26N4O3/c1-22(17(24)11-16-18(25)21-19(26)20-16)12-15-7-9-23(10-8-15)13-14-5-3-2-4-6-14/h2-6,15-16H,7-13H2,1H3,(H2,20,21,25,26)/t16-/m1/s1. The van der Waals surface area contributed by atoms with Gasteiger partial charge in [-0.15, -0.1) is 0 Å². The van der Waals surface area contributed by atoms with Crippen LogP contribution < -0.4 is 10.6 Å². The summed E-state index contributed by atoms with van der Waals surface area (Å²) < 4.78 is 0. The first-order valence-electron chi connectivity index (χ1n) is 9.13. The maximum Gasteiger partial charge on any atom is 0.322 e. The van der Waals surface area contributed by atoms with Gasteiger partial charge in [-0.2, -0.15) is 0 Å². The molecular weight excluding hydrogens is 332 g/mol. The molecule has 0 saturated carbocycles. The van der Waals surface area contributed by atoms with Crippen molar-refractivity contribution in [3.05, 3.63) is 35.9 Å². The normalized spacial score (nSPS) is 21.3. The van der Waals surface area contributed by atoms with Gasteiger partial charge in [-0.3, -0.25) is 19.8 Å². The van der Waals surface area contributed by atoms with Crippen molar-refractivity contribution in [1.82, 2.24) is 20.4 Å². The molecular formula is C19H26N4O3. The third-order valence-electron chi connectivity index (χ3n) is 5.15. The average Bonchev–Trinajstić information content (AvgIpc) is 2.94.